The highest BCUT2D eigenvalue weighted by Crippen LogP contribution is 2.17. The molecule has 1 aromatic rings. The standard InChI is InChI=1S/C20H32N4O6/c1-21-16-6-4-15(5-7-16)12-24(17(10-18(25)26)11-19(27)28)14-23(3)9-8-22(2)13-20(29)30/h4-7,17,21H,8-14H2,1-3H3,(H,25,26)(H,27,28)(H,29,30). The number of hydrogen-bond donors (Lipinski definition) is 4. The molecule has 30 heavy (non-hydrogen) atoms. The number of carbonyl (C=O) groups is 3. The van der Waals surface area contributed by atoms with Gasteiger partial charge in [0.15, 0.2) is 0 Å². The topological polar surface area (TPSA) is 134 Å². The van der Waals surface area contributed by atoms with Crippen molar-refractivity contribution in [2.24, 2.45) is 0 Å². The number of carboxylic acid groups (broad SMARTS) is 3. The lowest BCUT2D eigenvalue weighted by atomic mass is 10.1. The molecule has 0 amide bonds. The van der Waals surface area contributed by atoms with Crippen molar-refractivity contribution in [3.05, 3.63) is 29.8 Å². The van der Waals surface area contributed by atoms with Crippen LogP contribution in [0.15, 0.2) is 24.3 Å². The van der Waals surface area contributed by atoms with Gasteiger partial charge in [0.1, 0.15) is 0 Å². The largest absolute Gasteiger partial charge is 0.481 e. The minimum atomic E-state index is -1.05. The van der Waals surface area contributed by atoms with Crippen LogP contribution in [-0.2, 0) is 20.9 Å². The number of hydrogen-bond acceptors (Lipinski definition) is 7. The van der Waals surface area contributed by atoms with Crippen LogP contribution in [0.25, 0.3) is 0 Å². The molecule has 0 saturated carbocycles. The molecule has 0 aliphatic heterocycles. The number of likely N-dealkylation sites (N-methyl/N-ethyl adjacent to an activating group) is 2. The average molecular weight is 424 g/mol. The zero-order valence-electron chi connectivity index (χ0n) is 17.7. The third-order valence-corrected chi connectivity index (χ3v) is 4.66. The van der Waals surface area contributed by atoms with E-state index >= 15 is 0 Å². The van der Waals surface area contributed by atoms with Gasteiger partial charge < -0.3 is 20.6 Å². The van der Waals surface area contributed by atoms with E-state index in [1.165, 1.54) is 0 Å². The van der Waals surface area contributed by atoms with Crippen molar-refractivity contribution in [3.63, 3.8) is 0 Å². The zero-order chi connectivity index (χ0) is 22.7. The van der Waals surface area contributed by atoms with Crippen molar-refractivity contribution in [1.82, 2.24) is 14.7 Å². The van der Waals surface area contributed by atoms with Crippen LogP contribution in [0.3, 0.4) is 0 Å². The minimum Gasteiger partial charge on any atom is -0.481 e. The number of nitrogens with zero attached hydrogens (tertiary/aromatic N) is 3. The van der Waals surface area contributed by atoms with Gasteiger partial charge in [0.25, 0.3) is 0 Å². The van der Waals surface area contributed by atoms with Gasteiger partial charge in [-0.3, -0.25) is 29.1 Å². The van der Waals surface area contributed by atoms with E-state index in [9.17, 15) is 24.6 Å². The minimum absolute atomic E-state index is 0.0734. The molecule has 0 unspecified atom stereocenters. The van der Waals surface area contributed by atoms with Crippen LogP contribution < -0.4 is 5.32 Å². The summed E-state index contributed by atoms with van der Waals surface area (Å²) in [6.45, 7) is 1.72. The van der Waals surface area contributed by atoms with Gasteiger partial charge in [-0.1, -0.05) is 12.1 Å². The number of nitrogens with one attached hydrogen (secondary N) is 1. The number of anilines is 1. The quantitative estimate of drug-likeness (QED) is 0.299. The average Bonchev–Trinajstić information content (AvgIpc) is 2.64. The molecular formula is C20H32N4O6. The monoisotopic (exact) mass is 424 g/mol. The maximum absolute atomic E-state index is 11.3. The lowest BCUT2D eigenvalue weighted by Crippen LogP contribution is -2.45. The second kappa shape index (κ2) is 12.8. The third kappa shape index (κ3) is 10.2. The van der Waals surface area contributed by atoms with E-state index in [2.05, 4.69) is 5.32 Å². The summed E-state index contributed by atoms with van der Waals surface area (Å²) in [5, 5.41) is 30.4. The Morgan fingerprint density at radius 3 is 1.90 bits per heavy atom. The van der Waals surface area contributed by atoms with Crippen molar-refractivity contribution in [2.45, 2.75) is 25.4 Å². The Hall–Kier alpha value is -2.69. The van der Waals surface area contributed by atoms with Crippen LogP contribution in [0.2, 0.25) is 0 Å². The van der Waals surface area contributed by atoms with Crippen molar-refractivity contribution in [2.75, 3.05) is 52.8 Å². The van der Waals surface area contributed by atoms with Crippen LogP contribution in [-0.4, -0.2) is 101 Å². The molecule has 0 bridgehead atoms. The first-order chi connectivity index (χ1) is 14.1. The predicted octanol–water partition coefficient (Wildman–Crippen LogP) is 0.754. The molecule has 0 saturated heterocycles. The number of rotatable bonds is 15. The fraction of sp³-hybridized carbons (Fsp3) is 0.550. The van der Waals surface area contributed by atoms with Crippen molar-refractivity contribution >= 4 is 23.6 Å². The molecule has 10 heteroatoms. The summed E-state index contributed by atoms with van der Waals surface area (Å²) < 4.78 is 0. The third-order valence-electron chi connectivity index (χ3n) is 4.66. The van der Waals surface area contributed by atoms with Crippen LogP contribution in [0.1, 0.15) is 18.4 Å². The van der Waals surface area contributed by atoms with Gasteiger partial charge in [0.05, 0.1) is 26.1 Å². The van der Waals surface area contributed by atoms with Crippen LogP contribution in [0.4, 0.5) is 5.69 Å². The summed E-state index contributed by atoms with van der Waals surface area (Å²) >= 11 is 0. The molecule has 0 heterocycles. The van der Waals surface area contributed by atoms with Gasteiger partial charge in [-0.2, -0.15) is 0 Å². The zero-order valence-corrected chi connectivity index (χ0v) is 17.7. The normalized spacial score (nSPS) is 11.4. The molecule has 0 radical (unpaired) electrons. The first kappa shape index (κ1) is 25.3. The van der Waals surface area contributed by atoms with E-state index in [1.54, 1.807) is 11.9 Å². The summed E-state index contributed by atoms with van der Waals surface area (Å²) in [6, 6.07) is 6.96. The van der Waals surface area contributed by atoms with E-state index in [1.807, 2.05) is 48.2 Å². The number of benzene rings is 1. The van der Waals surface area contributed by atoms with E-state index in [4.69, 9.17) is 5.11 Å². The highest BCUT2D eigenvalue weighted by Gasteiger charge is 2.25. The summed E-state index contributed by atoms with van der Waals surface area (Å²) in [5.41, 5.74) is 1.88. The predicted molar refractivity (Wildman–Crippen MR) is 112 cm³/mol. The lowest BCUT2D eigenvalue weighted by Gasteiger charge is -2.34. The van der Waals surface area contributed by atoms with Gasteiger partial charge in [-0.05, 0) is 31.8 Å². The van der Waals surface area contributed by atoms with Gasteiger partial charge in [0, 0.05) is 38.4 Å². The van der Waals surface area contributed by atoms with Crippen LogP contribution in [0.5, 0.6) is 0 Å². The molecule has 0 aliphatic carbocycles. The molecule has 10 nitrogen and oxygen atoms in total. The lowest BCUT2D eigenvalue weighted by molar-refractivity contribution is -0.142. The highest BCUT2D eigenvalue weighted by molar-refractivity contribution is 5.71. The van der Waals surface area contributed by atoms with Crippen LogP contribution >= 0.6 is 0 Å². The Morgan fingerprint density at radius 2 is 1.43 bits per heavy atom. The summed E-state index contributed by atoms with van der Waals surface area (Å²) in [7, 11) is 5.36. The molecule has 4 N–H and O–H groups in total. The van der Waals surface area contributed by atoms with Crippen molar-refractivity contribution < 1.29 is 29.7 Å². The Kier molecular flexibility index (Phi) is 10.8. The Labute approximate surface area is 176 Å². The van der Waals surface area contributed by atoms with Gasteiger partial charge in [-0.25, -0.2) is 0 Å². The maximum atomic E-state index is 11.3. The molecule has 1 aromatic carbocycles. The second-order valence-electron chi connectivity index (χ2n) is 7.40. The summed E-state index contributed by atoms with van der Waals surface area (Å²) in [6.07, 6.45) is -0.568. The fourth-order valence-corrected chi connectivity index (χ4v) is 3.07. The maximum Gasteiger partial charge on any atom is 0.317 e. The van der Waals surface area contributed by atoms with Crippen molar-refractivity contribution in [3.8, 4) is 0 Å². The number of carboxylic acids is 3. The smallest absolute Gasteiger partial charge is 0.317 e. The molecule has 0 aliphatic rings. The van der Waals surface area contributed by atoms with Crippen LogP contribution in [0, 0.1) is 0 Å². The molecule has 168 valence electrons. The Bertz CT molecular complexity index is 681. The van der Waals surface area contributed by atoms with Gasteiger partial charge in [0.2, 0.25) is 0 Å². The molecule has 0 spiro atoms. The van der Waals surface area contributed by atoms with E-state index in [0.29, 0.717) is 26.3 Å². The molecule has 0 atom stereocenters. The molecular weight excluding hydrogens is 392 g/mol. The number of aliphatic carboxylic acids is 3. The van der Waals surface area contributed by atoms with E-state index < -0.39 is 23.9 Å². The first-order valence-corrected chi connectivity index (χ1v) is 9.64. The summed E-state index contributed by atoms with van der Waals surface area (Å²) in [5.74, 6) is -3.02. The Morgan fingerprint density at radius 1 is 0.900 bits per heavy atom. The Balaban J connectivity index is 2.91. The summed E-state index contributed by atoms with van der Waals surface area (Å²) in [4.78, 5) is 38.9. The fourth-order valence-electron chi connectivity index (χ4n) is 3.07. The van der Waals surface area contributed by atoms with E-state index in [-0.39, 0.29) is 19.4 Å². The second-order valence-corrected chi connectivity index (χ2v) is 7.40. The van der Waals surface area contributed by atoms with E-state index in [0.717, 1.165) is 11.3 Å². The first-order valence-electron chi connectivity index (χ1n) is 9.64. The van der Waals surface area contributed by atoms with Gasteiger partial charge in [-0.15, -0.1) is 0 Å². The van der Waals surface area contributed by atoms with Gasteiger partial charge >= 0.3 is 17.9 Å². The highest BCUT2D eigenvalue weighted by atomic mass is 16.4. The van der Waals surface area contributed by atoms with Crippen molar-refractivity contribution in [1.29, 1.82) is 0 Å². The molecule has 0 fully saturated rings. The molecule has 1 rings (SSSR count). The molecule has 0 aromatic heterocycles. The SMILES string of the molecule is CNc1ccc(CN(CN(C)CCN(C)CC(=O)O)C(CC(=O)O)CC(=O)O)cc1.